The highest BCUT2D eigenvalue weighted by atomic mass is 79.9. The molecule has 96 valence electrons. The first kappa shape index (κ1) is 14.2. The van der Waals surface area contributed by atoms with Gasteiger partial charge in [0.2, 0.25) is 0 Å². The fourth-order valence-electron chi connectivity index (χ4n) is 1.52. The third-order valence-corrected chi connectivity index (χ3v) is 3.55. The first-order chi connectivity index (χ1) is 9.10. The Kier molecular flexibility index (Phi) is 4.71. The summed E-state index contributed by atoms with van der Waals surface area (Å²) in [6.07, 6.45) is 0. The molecule has 0 aliphatic heterocycles. The van der Waals surface area contributed by atoms with E-state index in [1.165, 1.54) is 0 Å². The van der Waals surface area contributed by atoms with Gasteiger partial charge < -0.3 is 4.74 Å². The van der Waals surface area contributed by atoms with Gasteiger partial charge in [0.05, 0.1) is 5.56 Å². The average Bonchev–Trinajstić information content (AvgIpc) is 2.40. The number of halogens is 3. The zero-order valence-corrected chi connectivity index (χ0v) is 12.8. The third-order valence-electron chi connectivity index (χ3n) is 2.45. The molecule has 5 heteroatoms. The van der Waals surface area contributed by atoms with Crippen LogP contribution in [0.1, 0.15) is 11.1 Å². The van der Waals surface area contributed by atoms with E-state index in [0.717, 1.165) is 10.0 Å². The second-order valence-corrected chi connectivity index (χ2v) is 5.54. The highest BCUT2D eigenvalue weighted by Gasteiger charge is 2.07. The largest absolute Gasteiger partial charge is 0.487 e. The van der Waals surface area contributed by atoms with E-state index in [2.05, 4.69) is 22.0 Å². The molecule has 19 heavy (non-hydrogen) atoms. The fraction of sp³-hybridized carbons (Fsp3) is 0.0714. The first-order valence-electron chi connectivity index (χ1n) is 5.36. The van der Waals surface area contributed by atoms with Crippen LogP contribution in [-0.4, -0.2) is 0 Å². The minimum Gasteiger partial charge on any atom is -0.487 e. The molecule has 0 aromatic heterocycles. The van der Waals surface area contributed by atoms with E-state index < -0.39 is 0 Å². The first-order valence-corrected chi connectivity index (χ1v) is 6.91. The van der Waals surface area contributed by atoms with Crippen molar-refractivity contribution in [2.45, 2.75) is 6.61 Å². The zero-order valence-electron chi connectivity index (χ0n) is 9.66. The van der Waals surface area contributed by atoms with Gasteiger partial charge in [0, 0.05) is 20.1 Å². The maximum absolute atomic E-state index is 9.04. The van der Waals surface area contributed by atoms with Gasteiger partial charge in [-0.3, -0.25) is 0 Å². The van der Waals surface area contributed by atoms with E-state index in [1.807, 2.05) is 6.07 Å². The van der Waals surface area contributed by atoms with Gasteiger partial charge in [0.25, 0.3) is 0 Å². The lowest BCUT2D eigenvalue weighted by Gasteiger charge is -2.09. The van der Waals surface area contributed by atoms with Gasteiger partial charge in [0.1, 0.15) is 18.4 Å². The van der Waals surface area contributed by atoms with Gasteiger partial charge in [-0.05, 0) is 36.4 Å². The molecule has 0 aliphatic rings. The Balaban J connectivity index is 2.19. The van der Waals surface area contributed by atoms with Crippen LogP contribution >= 0.6 is 39.1 Å². The van der Waals surface area contributed by atoms with Crippen LogP contribution in [-0.2, 0) is 6.61 Å². The van der Waals surface area contributed by atoms with E-state index in [4.69, 9.17) is 33.2 Å². The van der Waals surface area contributed by atoms with Gasteiger partial charge >= 0.3 is 0 Å². The van der Waals surface area contributed by atoms with Gasteiger partial charge in [-0.15, -0.1) is 0 Å². The summed E-state index contributed by atoms with van der Waals surface area (Å²) in [5.74, 6) is 0.516. The highest BCUT2D eigenvalue weighted by molar-refractivity contribution is 9.10. The molecule has 2 rings (SSSR count). The summed E-state index contributed by atoms with van der Waals surface area (Å²) >= 11 is 15.3. The van der Waals surface area contributed by atoms with Crippen LogP contribution in [0.2, 0.25) is 10.0 Å². The van der Waals surface area contributed by atoms with Crippen molar-refractivity contribution in [1.29, 1.82) is 5.26 Å². The Labute approximate surface area is 129 Å². The lowest BCUT2D eigenvalue weighted by molar-refractivity contribution is 0.305. The van der Waals surface area contributed by atoms with Crippen molar-refractivity contribution in [3.8, 4) is 11.8 Å². The predicted molar refractivity (Wildman–Crippen MR) is 79.7 cm³/mol. The molecule has 0 radical (unpaired) electrons. The van der Waals surface area contributed by atoms with Gasteiger partial charge in [-0.25, -0.2) is 0 Å². The molecule has 0 heterocycles. The molecule has 0 saturated carbocycles. The van der Waals surface area contributed by atoms with Crippen molar-refractivity contribution < 1.29 is 4.74 Å². The maximum atomic E-state index is 9.04. The Morgan fingerprint density at radius 2 is 1.95 bits per heavy atom. The Hall–Kier alpha value is -1.21. The van der Waals surface area contributed by atoms with Gasteiger partial charge in [-0.2, -0.15) is 5.26 Å². The molecule has 0 spiro atoms. The van der Waals surface area contributed by atoms with Crippen LogP contribution in [0, 0.1) is 11.3 Å². The van der Waals surface area contributed by atoms with Crippen LogP contribution in [0.5, 0.6) is 5.75 Å². The lowest BCUT2D eigenvalue weighted by atomic mass is 10.2. The molecule has 2 aromatic carbocycles. The average molecular weight is 357 g/mol. The van der Waals surface area contributed by atoms with Crippen LogP contribution in [0.3, 0.4) is 0 Å². The minimum absolute atomic E-state index is 0.260. The van der Waals surface area contributed by atoms with Crippen molar-refractivity contribution >= 4 is 39.1 Å². The number of nitriles is 1. The number of hydrogen-bond acceptors (Lipinski definition) is 2. The Morgan fingerprint density at radius 3 is 2.68 bits per heavy atom. The summed E-state index contributed by atoms with van der Waals surface area (Å²) in [6.45, 7) is 0.260. The summed E-state index contributed by atoms with van der Waals surface area (Å²) in [6, 6.07) is 12.5. The minimum atomic E-state index is 0.260. The second-order valence-electron chi connectivity index (χ2n) is 3.78. The fourth-order valence-corrected chi connectivity index (χ4v) is 2.25. The van der Waals surface area contributed by atoms with Crippen LogP contribution in [0.15, 0.2) is 40.9 Å². The van der Waals surface area contributed by atoms with Gasteiger partial charge in [-0.1, -0.05) is 39.1 Å². The number of nitrogens with zero attached hydrogens (tertiary/aromatic N) is 1. The van der Waals surface area contributed by atoms with E-state index in [-0.39, 0.29) is 6.61 Å². The van der Waals surface area contributed by atoms with E-state index >= 15 is 0 Å². The molecule has 0 aliphatic carbocycles. The SMILES string of the molecule is N#Cc1cc(Br)ccc1OCc1cc(Cl)ccc1Cl. The van der Waals surface area contributed by atoms with E-state index in [9.17, 15) is 0 Å². The smallest absolute Gasteiger partial charge is 0.137 e. The molecule has 0 N–H and O–H groups in total. The molecule has 0 atom stereocenters. The summed E-state index contributed by atoms with van der Waals surface area (Å²) in [4.78, 5) is 0. The van der Waals surface area contributed by atoms with Gasteiger partial charge in [0.15, 0.2) is 0 Å². The second kappa shape index (κ2) is 6.29. The highest BCUT2D eigenvalue weighted by Crippen LogP contribution is 2.26. The van der Waals surface area contributed by atoms with Crippen molar-refractivity contribution in [3.63, 3.8) is 0 Å². The molecular formula is C14H8BrCl2NO. The molecule has 0 saturated heterocycles. The quantitative estimate of drug-likeness (QED) is 0.756. The molecule has 0 amide bonds. The topological polar surface area (TPSA) is 33.0 Å². The summed E-state index contributed by atoms with van der Waals surface area (Å²) in [5, 5.41) is 10.2. The monoisotopic (exact) mass is 355 g/mol. The summed E-state index contributed by atoms with van der Waals surface area (Å²) in [7, 11) is 0. The standard InChI is InChI=1S/C14H8BrCl2NO/c15-11-1-4-14(9(5-11)7-18)19-8-10-6-12(16)2-3-13(10)17/h1-6H,8H2. The van der Waals surface area contributed by atoms with E-state index in [0.29, 0.717) is 21.4 Å². The van der Waals surface area contributed by atoms with Crippen LogP contribution in [0.4, 0.5) is 0 Å². The number of ether oxygens (including phenoxy) is 1. The predicted octanol–water partition coefficient (Wildman–Crippen LogP) is 5.21. The molecule has 0 bridgehead atoms. The molecule has 0 fully saturated rings. The van der Waals surface area contributed by atoms with E-state index in [1.54, 1.807) is 30.3 Å². The zero-order chi connectivity index (χ0) is 13.8. The number of rotatable bonds is 3. The van der Waals surface area contributed by atoms with Crippen molar-refractivity contribution in [2.75, 3.05) is 0 Å². The lowest BCUT2D eigenvalue weighted by Crippen LogP contribution is -1.98. The summed E-state index contributed by atoms with van der Waals surface area (Å²) in [5.41, 5.74) is 1.24. The van der Waals surface area contributed by atoms with Crippen molar-refractivity contribution in [1.82, 2.24) is 0 Å². The molecule has 2 nitrogen and oxygen atoms in total. The van der Waals surface area contributed by atoms with Crippen molar-refractivity contribution in [3.05, 3.63) is 62.0 Å². The van der Waals surface area contributed by atoms with Crippen LogP contribution < -0.4 is 4.74 Å². The van der Waals surface area contributed by atoms with Crippen molar-refractivity contribution in [2.24, 2.45) is 0 Å². The molecular weight excluding hydrogens is 349 g/mol. The number of benzene rings is 2. The Morgan fingerprint density at radius 1 is 1.16 bits per heavy atom. The summed E-state index contributed by atoms with van der Waals surface area (Å²) < 4.78 is 6.45. The third kappa shape index (κ3) is 3.63. The molecule has 0 unspecified atom stereocenters. The van der Waals surface area contributed by atoms with Crippen LogP contribution in [0.25, 0.3) is 0 Å². The maximum Gasteiger partial charge on any atom is 0.137 e. The number of hydrogen-bond donors (Lipinski definition) is 0. The Bertz CT molecular complexity index is 652. The molecule has 2 aromatic rings. The normalized spacial score (nSPS) is 10.0.